The molecule has 0 aliphatic heterocycles. The van der Waals surface area contributed by atoms with Gasteiger partial charge in [-0.05, 0) is 50.2 Å². The number of aryl methyl sites for hydroxylation is 1. The monoisotopic (exact) mass is 274 g/mol. The molecule has 0 fully saturated rings. The molecule has 5 heteroatoms. The largest absolute Gasteiger partial charge is 0.478 e. The Morgan fingerprint density at radius 2 is 2.00 bits per heavy atom. The van der Waals surface area contributed by atoms with E-state index < -0.39 is 5.97 Å². The third-order valence-corrected chi connectivity index (χ3v) is 3.29. The van der Waals surface area contributed by atoms with E-state index >= 15 is 0 Å². The summed E-state index contributed by atoms with van der Waals surface area (Å²) in [4.78, 5) is 25.1. The van der Waals surface area contributed by atoms with E-state index in [2.05, 4.69) is 0 Å². The van der Waals surface area contributed by atoms with Gasteiger partial charge < -0.3 is 14.6 Å². The van der Waals surface area contributed by atoms with Crippen molar-refractivity contribution in [3.63, 3.8) is 0 Å². The Kier molecular flexibility index (Phi) is 3.90. The van der Waals surface area contributed by atoms with Crippen molar-refractivity contribution in [3.05, 3.63) is 45.7 Å². The van der Waals surface area contributed by atoms with Crippen molar-refractivity contribution in [2.45, 2.75) is 13.5 Å². The van der Waals surface area contributed by atoms with Gasteiger partial charge in [0.1, 0.15) is 0 Å². The van der Waals surface area contributed by atoms with E-state index in [-0.39, 0.29) is 11.1 Å². The quantitative estimate of drug-likeness (QED) is 0.919. The van der Waals surface area contributed by atoms with E-state index in [4.69, 9.17) is 5.11 Å². The lowest BCUT2D eigenvalue weighted by Crippen LogP contribution is -2.26. The van der Waals surface area contributed by atoms with E-state index in [1.807, 2.05) is 25.9 Å². The Morgan fingerprint density at radius 3 is 2.60 bits per heavy atom. The third kappa shape index (κ3) is 2.72. The number of fused-ring (bicyclic) bond motifs is 1. The lowest BCUT2D eigenvalue weighted by Gasteiger charge is -2.15. The summed E-state index contributed by atoms with van der Waals surface area (Å²) < 4.78 is 1.70. The molecule has 1 aromatic carbocycles. The normalized spacial score (nSPS) is 11.2. The smallest absolute Gasteiger partial charge is 0.335 e. The van der Waals surface area contributed by atoms with Gasteiger partial charge in [-0.1, -0.05) is 0 Å². The fraction of sp³-hybridized carbons (Fsp3) is 0.333. The van der Waals surface area contributed by atoms with Crippen LogP contribution in [-0.4, -0.2) is 41.2 Å². The van der Waals surface area contributed by atoms with Crippen molar-refractivity contribution in [2.24, 2.45) is 0 Å². The SMILES string of the molecule is Cc1cc(C(=O)O)cc2ccc(=O)n(CCN(C)C)c12. The first-order valence-electron chi connectivity index (χ1n) is 6.42. The van der Waals surface area contributed by atoms with Crippen LogP contribution in [0.2, 0.25) is 0 Å². The van der Waals surface area contributed by atoms with Crippen molar-refractivity contribution >= 4 is 16.9 Å². The van der Waals surface area contributed by atoms with E-state index in [1.54, 1.807) is 22.8 Å². The molecular weight excluding hydrogens is 256 g/mol. The number of benzene rings is 1. The second kappa shape index (κ2) is 5.46. The zero-order chi connectivity index (χ0) is 14.9. The molecular formula is C15H18N2O3. The van der Waals surface area contributed by atoms with Crippen LogP contribution in [0.3, 0.4) is 0 Å². The summed E-state index contributed by atoms with van der Waals surface area (Å²) in [5.74, 6) is -0.957. The van der Waals surface area contributed by atoms with Crippen LogP contribution in [0.4, 0.5) is 0 Å². The van der Waals surface area contributed by atoms with Crippen molar-refractivity contribution in [3.8, 4) is 0 Å². The number of nitrogens with zero attached hydrogens (tertiary/aromatic N) is 2. The molecule has 0 aliphatic carbocycles. The second-order valence-electron chi connectivity index (χ2n) is 5.16. The highest BCUT2D eigenvalue weighted by Gasteiger charge is 2.11. The number of hydrogen-bond donors (Lipinski definition) is 1. The van der Waals surface area contributed by atoms with Gasteiger partial charge in [0.15, 0.2) is 0 Å². The van der Waals surface area contributed by atoms with E-state index in [1.165, 1.54) is 6.07 Å². The number of likely N-dealkylation sites (N-methyl/N-ethyl adjacent to an activating group) is 1. The van der Waals surface area contributed by atoms with E-state index in [9.17, 15) is 9.59 Å². The summed E-state index contributed by atoms with van der Waals surface area (Å²) in [5.41, 5.74) is 1.79. The van der Waals surface area contributed by atoms with Crippen LogP contribution >= 0.6 is 0 Å². The third-order valence-electron chi connectivity index (χ3n) is 3.29. The molecule has 1 aromatic heterocycles. The van der Waals surface area contributed by atoms with Crippen LogP contribution in [0.15, 0.2) is 29.1 Å². The fourth-order valence-electron chi connectivity index (χ4n) is 2.31. The van der Waals surface area contributed by atoms with Crippen LogP contribution in [0.25, 0.3) is 10.9 Å². The maximum atomic E-state index is 12.0. The Morgan fingerprint density at radius 1 is 1.30 bits per heavy atom. The predicted octanol–water partition coefficient (Wildman–Crippen LogP) is 1.57. The molecule has 0 spiro atoms. The topological polar surface area (TPSA) is 62.5 Å². The van der Waals surface area contributed by atoms with Gasteiger partial charge in [-0.15, -0.1) is 0 Å². The molecule has 0 bridgehead atoms. The molecule has 0 atom stereocenters. The lowest BCUT2D eigenvalue weighted by molar-refractivity contribution is 0.0697. The number of hydrogen-bond acceptors (Lipinski definition) is 3. The molecule has 2 aromatic rings. The number of carboxylic acids is 1. The zero-order valence-corrected chi connectivity index (χ0v) is 11.9. The average molecular weight is 274 g/mol. The number of aromatic carboxylic acids is 1. The van der Waals surface area contributed by atoms with Crippen molar-refractivity contribution in [1.29, 1.82) is 0 Å². The molecule has 0 saturated carbocycles. The summed E-state index contributed by atoms with van der Waals surface area (Å²) in [7, 11) is 3.90. The van der Waals surface area contributed by atoms with Gasteiger partial charge in [0.2, 0.25) is 0 Å². The highest BCUT2D eigenvalue weighted by atomic mass is 16.4. The van der Waals surface area contributed by atoms with Crippen molar-refractivity contribution in [1.82, 2.24) is 9.47 Å². The summed E-state index contributed by atoms with van der Waals surface area (Å²) in [6.07, 6.45) is 0. The van der Waals surface area contributed by atoms with E-state index in [0.717, 1.165) is 23.0 Å². The van der Waals surface area contributed by atoms with Gasteiger partial charge in [0.05, 0.1) is 11.1 Å². The molecule has 0 unspecified atom stereocenters. The Bertz CT molecular complexity index is 717. The minimum absolute atomic E-state index is 0.0643. The number of carbonyl (C=O) groups is 1. The van der Waals surface area contributed by atoms with Crippen molar-refractivity contribution < 1.29 is 9.90 Å². The Labute approximate surface area is 117 Å². The second-order valence-corrected chi connectivity index (χ2v) is 5.16. The van der Waals surface area contributed by atoms with E-state index in [0.29, 0.717) is 6.54 Å². The Hall–Kier alpha value is -2.14. The van der Waals surface area contributed by atoms with Crippen LogP contribution in [0.1, 0.15) is 15.9 Å². The lowest BCUT2D eigenvalue weighted by atomic mass is 10.1. The van der Waals surface area contributed by atoms with Crippen LogP contribution < -0.4 is 5.56 Å². The van der Waals surface area contributed by atoms with Gasteiger partial charge >= 0.3 is 5.97 Å². The molecule has 0 saturated heterocycles. The summed E-state index contributed by atoms with van der Waals surface area (Å²) in [6.45, 7) is 3.16. The maximum Gasteiger partial charge on any atom is 0.335 e. The first kappa shape index (κ1) is 14.3. The Balaban J connectivity index is 2.65. The highest BCUT2D eigenvalue weighted by Crippen LogP contribution is 2.19. The van der Waals surface area contributed by atoms with Gasteiger partial charge in [-0.3, -0.25) is 4.79 Å². The number of rotatable bonds is 4. The molecule has 1 heterocycles. The van der Waals surface area contributed by atoms with Crippen LogP contribution in [-0.2, 0) is 6.54 Å². The molecule has 0 amide bonds. The number of carboxylic acid groups (broad SMARTS) is 1. The summed E-state index contributed by atoms with van der Waals surface area (Å²) in [5, 5.41) is 9.87. The molecule has 5 nitrogen and oxygen atoms in total. The minimum Gasteiger partial charge on any atom is -0.478 e. The molecule has 1 N–H and O–H groups in total. The first-order valence-corrected chi connectivity index (χ1v) is 6.42. The van der Waals surface area contributed by atoms with Gasteiger partial charge in [0.25, 0.3) is 5.56 Å². The molecule has 106 valence electrons. The molecule has 0 aliphatic rings. The van der Waals surface area contributed by atoms with Gasteiger partial charge in [0, 0.05) is 19.2 Å². The summed E-state index contributed by atoms with van der Waals surface area (Å²) >= 11 is 0. The van der Waals surface area contributed by atoms with Crippen molar-refractivity contribution in [2.75, 3.05) is 20.6 Å². The summed E-state index contributed by atoms with van der Waals surface area (Å²) in [6, 6.07) is 6.39. The van der Waals surface area contributed by atoms with Crippen LogP contribution in [0.5, 0.6) is 0 Å². The zero-order valence-electron chi connectivity index (χ0n) is 11.9. The molecule has 2 rings (SSSR count). The minimum atomic E-state index is -0.957. The predicted molar refractivity (Wildman–Crippen MR) is 78.5 cm³/mol. The van der Waals surface area contributed by atoms with Gasteiger partial charge in [-0.25, -0.2) is 4.79 Å². The average Bonchev–Trinajstić information content (AvgIpc) is 2.37. The molecule has 0 radical (unpaired) electrons. The standard InChI is InChI=1S/C15H18N2O3/c1-10-8-12(15(19)20)9-11-4-5-13(18)17(14(10)11)7-6-16(2)3/h4-5,8-9H,6-7H2,1-3H3,(H,19,20). The number of pyridine rings is 1. The first-order chi connectivity index (χ1) is 9.40. The number of aromatic nitrogens is 1. The fourth-order valence-corrected chi connectivity index (χ4v) is 2.31. The highest BCUT2D eigenvalue weighted by molar-refractivity contribution is 5.94. The maximum absolute atomic E-state index is 12.0. The molecule has 20 heavy (non-hydrogen) atoms. The van der Waals surface area contributed by atoms with Crippen LogP contribution in [0, 0.1) is 6.92 Å². The van der Waals surface area contributed by atoms with Gasteiger partial charge in [-0.2, -0.15) is 0 Å².